The first-order valence-corrected chi connectivity index (χ1v) is 8.67. The molecule has 0 aliphatic heterocycles. The lowest BCUT2D eigenvalue weighted by Gasteiger charge is -2.17. The van der Waals surface area contributed by atoms with Gasteiger partial charge in [0.05, 0.1) is 13.2 Å². The number of thioether (sulfide) groups is 1. The second-order valence-corrected chi connectivity index (χ2v) is 7.67. The smallest absolute Gasteiger partial charge is 0.251 e. The lowest BCUT2D eigenvalue weighted by Crippen LogP contribution is -2.27. The van der Waals surface area contributed by atoms with Gasteiger partial charge in [0.1, 0.15) is 0 Å². The fourth-order valence-electron chi connectivity index (χ4n) is 1.82. The second kappa shape index (κ2) is 8.93. The highest BCUT2D eigenvalue weighted by Crippen LogP contribution is 2.28. The Balaban J connectivity index is 2.63. The minimum Gasteiger partial charge on any atom is -0.490 e. The third-order valence-electron chi connectivity index (χ3n) is 2.73. The molecule has 124 valence electrons. The predicted octanol–water partition coefficient (Wildman–Crippen LogP) is 3.75. The molecule has 1 rings (SSSR count). The Morgan fingerprint density at radius 3 is 2.36 bits per heavy atom. The van der Waals surface area contributed by atoms with E-state index in [9.17, 15) is 4.79 Å². The summed E-state index contributed by atoms with van der Waals surface area (Å²) < 4.78 is 11.3. The maximum Gasteiger partial charge on any atom is 0.251 e. The first-order valence-electron chi connectivity index (χ1n) is 7.69. The van der Waals surface area contributed by atoms with Crippen LogP contribution in [0.5, 0.6) is 11.5 Å². The van der Waals surface area contributed by atoms with Gasteiger partial charge >= 0.3 is 0 Å². The Kier molecular flexibility index (Phi) is 7.59. The van der Waals surface area contributed by atoms with E-state index in [0.29, 0.717) is 36.8 Å². The molecule has 4 nitrogen and oxygen atoms in total. The molecule has 0 radical (unpaired) electrons. The Morgan fingerprint density at radius 1 is 1.14 bits per heavy atom. The quantitative estimate of drug-likeness (QED) is 0.740. The fourth-order valence-corrected chi connectivity index (χ4v) is 2.63. The van der Waals surface area contributed by atoms with Crippen molar-refractivity contribution in [3.8, 4) is 11.5 Å². The summed E-state index contributed by atoms with van der Waals surface area (Å²) in [6.45, 7) is 12.1. The molecule has 5 heteroatoms. The second-order valence-electron chi connectivity index (χ2n) is 5.74. The number of ether oxygens (including phenoxy) is 2. The highest BCUT2D eigenvalue weighted by atomic mass is 32.2. The normalized spacial score (nSPS) is 11.1. The zero-order valence-electron chi connectivity index (χ0n) is 14.2. The van der Waals surface area contributed by atoms with Crippen molar-refractivity contribution in [2.24, 2.45) is 0 Å². The molecule has 0 saturated heterocycles. The van der Waals surface area contributed by atoms with Gasteiger partial charge in [-0.25, -0.2) is 0 Å². The van der Waals surface area contributed by atoms with Gasteiger partial charge in [0.15, 0.2) is 11.5 Å². The first kappa shape index (κ1) is 18.7. The molecule has 0 spiro atoms. The molecule has 1 aromatic rings. The summed E-state index contributed by atoms with van der Waals surface area (Å²) in [5, 5.41) is 2.94. The summed E-state index contributed by atoms with van der Waals surface area (Å²) in [6.07, 6.45) is 0. The highest BCUT2D eigenvalue weighted by Gasteiger charge is 2.13. The third kappa shape index (κ3) is 6.60. The van der Waals surface area contributed by atoms with E-state index in [4.69, 9.17) is 9.47 Å². The summed E-state index contributed by atoms with van der Waals surface area (Å²) in [5.74, 6) is 2.09. The van der Waals surface area contributed by atoms with Crippen LogP contribution in [0.15, 0.2) is 18.2 Å². The maximum absolute atomic E-state index is 12.2. The highest BCUT2D eigenvalue weighted by molar-refractivity contribution is 8.00. The van der Waals surface area contributed by atoms with Crippen LogP contribution in [-0.4, -0.2) is 36.2 Å². The molecule has 0 fully saturated rings. The first-order chi connectivity index (χ1) is 10.4. The summed E-state index contributed by atoms with van der Waals surface area (Å²) >= 11 is 1.83. The molecule has 22 heavy (non-hydrogen) atoms. The number of rotatable bonds is 8. The van der Waals surface area contributed by atoms with E-state index in [1.807, 2.05) is 25.6 Å². The maximum atomic E-state index is 12.2. The van der Waals surface area contributed by atoms with Crippen LogP contribution in [0.1, 0.15) is 45.0 Å². The zero-order valence-corrected chi connectivity index (χ0v) is 15.0. The van der Waals surface area contributed by atoms with Crippen LogP contribution in [0, 0.1) is 0 Å². The van der Waals surface area contributed by atoms with E-state index in [1.165, 1.54) is 0 Å². The number of carbonyl (C=O) groups is 1. The third-order valence-corrected chi connectivity index (χ3v) is 4.00. The number of hydrogen-bond acceptors (Lipinski definition) is 4. The van der Waals surface area contributed by atoms with E-state index in [-0.39, 0.29) is 10.7 Å². The van der Waals surface area contributed by atoms with Gasteiger partial charge in [-0.2, -0.15) is 11.8 Å². The molecule has 0 atom stereocenters. The number of nitrogens with one attached hydrogen (secondary N) is 1. The van der Waals surface area contributed by atoms with Gasteiger partial charge in [-0.3, -0.25) is 4.79 Å². The fraction of sp³-hybridized carbons (Fsp3) is 0.588. The number of hydrogen-bond donors (Lipinski definition) is 1. The topological polar surface area (TPSA) is 47.6 Å². The van der Waals surface area contributed by atoms with Crippen LogP contribution in [0.25, 0.3) is 0 Å². The van der Waals surface area contributed by atoms with Crippen molar-refractivity contribution in [3.63, 3.8) is 0 Å². The molecule has 0 bridgehead atoms. The lowest BCUT2D eigenvalue weighted by atomic mass is 10.2. The Morgan fingerprint density at radius 2 is 1.77 bits per heavy atom. The van der Waals surface area contributed by atoms with Crippen LogP contribution in [0.4, 0.5) is 0 Å². The molecular formula is C17H27NO3S. The van der Waals surface area contributed by atoms with Gasteiger partial charge in [0, 0.05) is 22.6 Å². The Bertz CT molecular complexity index is 483. The SMILES string of the molecule is CCOc1ccc(C(=O)NCCSC(C)(C)C)cc1OCC. The molecule has 0 aromatic heterocycles. The molecular weight excluding hydrogens is 298 g/mol. The van der Waals surface area contributed by atoms with E-state index in [0.717, 1.165) is 5.75 Å². The van der Waals surface area contributed by atoms with Gasteiger partial charge in [0.25, 0.3) is 5.91 Å². The van der Waals surface area contributed by atoms with Crippen molar-refractivity contribution in [3.05, 3.63) is 23.8 Å². The number of carbonyl (C=O) groups excluding carboxylic acids is 1. The average molecular weight is 325 g/mol. The van der Waals surface area contributed by atoms with E-state index in [1.54, 1.807) is 18.2 Å². The van der Waals surface area contributed by atoms with E-state index >= 15 is 0 Å². The van der Waals surface area contributed by atoms with Crippen molar-refractivity contribution in [2.75, 3.05) is 25.5 Å². The lowest BCUT2D eigenvalue weighted by molar-refractivity contribution is 0.0955. The van der Waals surface area contributed by atoms with Crippen LogP contribution >= 0.6 is 11.8 Å². The number of amides is 1. The molecule has 1 N–H and O–H groups in total. The van der Waals surface area contributed by atoms with Crippen molar-refractivity contribution in [2.45, 2.75) is 39.4 Å². The van der Waals surface area contributed by atoms with Gasteiger partial charge < -0.3 is 14.8 Å². The van der Waals surface area contributed by atoms with Crippen molar-refractivity contribution >= 4 is 17.7 Å². The Labute approximate surface area is 138 Å². The molecule has 0 saturated carbocycles. The van der Waals surface area contributed by atoms with Crippen molar-refractivity contribution in [1.29, 1.82) is 0 Å². The molecule has 0 aliphatic rings. The van der Waals surface area contributed by atoms with Crippen LogP contribution in [0.3, 0.4) is 0 Å². The summed E-state index contributed by atoms with van der Waals surface area (Å²) in [6, 6.07) is 5.29. The van der Waals surface area contributed by atoms with Crippen molar-refractivity contribution in [1.82, 2.24) is 5.32 Å². The standard InChI is InChI=1S/C17H27NO3S/c1-6-20-14-9-8-13(12-15(14)21-7-2)16(19)18-10-11-22-17(3,4)5/h8-9,12H,6-7,10-11H2,1-5H3,(H,18,19). The minimum atomic E-state index is -0.0847. The van der Waals surface area contributed by atoms with Crippen LogP contribution in [0.2, 0.25) is 0 Å². The molecule has 0 heterocycles. The molecule has 1 amide bonds. The van der Waals surface area contributed by atoms with Crippen LogP contribution in [-0.2, 0) is 0 Å². The van der Waals surface area contributed by atoms with Gasteiger partial charge in [-0.05, 0) is 32.0 Å². The van der Waals surface area contributed by atoms with Gasteiger partial charge in [-0.1, -0.05) is 20.8 Å². The molecule has 0 unspecified atom stereocenters. The summed E-state index contributed by atoms with van der Waals surface area (Å²) in [4.78, 5) is 12.2. The number of benzene rings is 1. The monoisotopic (exact) mass is 325 g/mol. The molecule has 0 aliphatic carbocycles. The minimum absolute atomic E-state index is 0.0847. The molecule has 1 aromatic carbocycles. The van der Waals surface area contributed by atoms with E-state index < -0.39 is 0 Å². The summed E-state index contributed by atoms with van der Waals surface area (Å²) in [7, 11) is 0. The van der Waals surface area contributed by atoms with Gasteiger partial charge in [-0.15, -0.1) is 0 Å². The Hall–Kier alpha value is -1.36. The van der Waals surface area contributed by atoms with Gasteiger partial charge in [0.2, 0.25) is 0 Å². The summed E-state index contributed by atoms with van der Waals surface area (Å²) in [5.41, 5.74) is 0.590. The van der Waals surface area contributed by atoms with Crippen molar-refractivity contribution < 1.29 is 14.3 Å². The van der Waals surface area contributed by atoms with Crippen LogP contribution < -0.4 is 14.8 Å². The zero-order chi connectivity index (χ0) is 16.6. The van der Waals surface area contributed by atoms with E-state index in [2.05, 4.69) is 26.1 Å². The largest absolute Gasteiger partial charge is 0.490 e. The predicted molar refractivity (Wildman–Crippen MR) is 93.3 cm³/mol. The average Bonchev–Trinajstić information content (AvgIpc) is 2.44.